The molecule has 3 aliphatic carbocycles. The van der Waals surface area contributed by atoms with Crippen molar-refractivity contribution in [2.75, 3.05) is 14.2 Å². The van der Waals surface area contributed by atoms with E-state index in [1.165, 1.54) is 14.2 Å². The van der Waals surface area contributed by atoms with Gasteiger partial charge in [-0.25, -0.2) is 0 Å². The van der Waals surface area contributed by atoms with Crippen LogP contribution in [0.25, 0.3) is 0 Å². The van der Waals surface area contributed by atoms with Crippen LogP contribution in [0, 0.1) is 11.8 Å². The van der Waals surface area contributed by atoms with Crippen LogP contribution in [0.1, 0.15) is 20.3 Å². The van der Waals surface area contributed by atoms with Crippen LogP contribution < -0.4 is 0 Å². The molecule has 1 fully saturated rings. The molecular formula is C13H18O4. The summed E-state index contributed by atoms with van der Waals surface area (Å²) in [5.41, 5.74) is -2.03. The topological polar surface area (TPSA) is 52.6 Å². The first-order valence-corrected chi connectivity index (χ1v) is 5.77. The van der Waals surface area contributed by atoms with Crippen molar-refractivity contribution in [3.8, 4) is 0 Å². The van der Waals surface area contributed by atoms with Crippen molar-refractivity contribution in [2.24, 2.45) is 11.8 Å². The number of allylic oxidation sites excluding steroid dienone is 1. The highest BCUT2D eigenvalue weighted by atomic mass is 16.6. The SMILES string of the molecule is CO[C@@]12C=C[C@@H](C[C@H]1C(C)=O)C(=O)[C@@]2(C)OC. The average molecular weight is 238 g/mol. The molecule has 94 valence electrons. The lowest BCUT2D eigenvalue weighted by atomic mass is 9.56. The van der Waals surface area contributed by atoms with Gasteiger partial charge in [-0.3, -0.25) is 9.59 Å². The summed E-state index contributed by atoms with van der Waals surface area (Å²) in [4.78, 5) is 24.1. The molecule has 4 heteroatoms. The van der Waals surface area contributed by atoms with Gasteiger partial charge < -0.3 is 9.47 Å². The summed E-state index contributed by atoms with van der Waals surface area (Å²) in [5, 5.41) is 0. The quantitative estimate of drug-likeness (QED) is 0.692. The molecule has 3 rings (SSSR count). The molecule has 0 aliphatic heterocycles. The molecule has 0 aromatic rings. The number of ketones is 2. The number of hydrogen-bond acceptors (Lipinski definition) is 4. The van der Waals surface area contributed by atoms with Crippen LogP contribution in [0.2, 0.25) is 0 Å². The normalized spacial score (nSPS) is 44.1. The molecule has 0 aromatic carbocycles. The third kappa shape index (κ3) is 1.31. The first kappa shape index (κ1) is 12.5. The maximum atomic E-state index is 12.3. The number of Topliss-reactive ketones (excluding diaryl/α,β-unsaturated/α-hetero) is 2. The molecule has 0 heterocycles. The van der Waals surface area contributed by atoms with Crippen molar-refractivity contribution in [3.05, 3.63) is 12.2 Å². The summed E-state index contributed by atoms with van der Waals surface area (Å²) >= 11 is 0. The fourth-order valence-electron chi connectivity index (χ4n) is 3.25. The van der Waals surface area contributed by atoms with Crippen molar-refractivity contribution in [3.63, 3.8) is 0 Å². The van der Waals surface area contributed by atoms with Crippen LogP contribution in [-0.4, -0.2) is 37.0 Å². The smallest absolute Gasteiger partial charge is 0.174 e. The van der Waals surface area contributed by atoms with Gasteiger partial charge >= 0.3 is 0 Å². The number of hydrogen-bond donors (Lipinski definition) is 0. The first-order valence-electron chi connectivity index (χ1n) is 5.77. The van der Waals surface area contributed by atoms with Gasteiger partial charge in [-0.05, 0) is 20.3 Å². The van der Waals surface area contributed by atoms with Gasteiger partial charge in [0.2, 0.25) is 0 Å². The van der Waals surface area contributed by atoms with Crippen molar-refractivity contribution >= 4 is 11.6 Å². The molecule has 0 amide bonds. The monoisotopic (exact) mass is 238 g/mol. The summed E-state index contributed by atoms with van der Waals surface area (Å²) in [7, 11) is 3.01. The van der Waals surface area contributed by atoms with E-state index in [4.69, 9.17) is 9.47 Å². The van der Waals surface area contributed by atoms with Crippen LogP contribution in [0.5, 0.6) is 0 Å². The molecule has 0 aromatic heterocycles. The lowest BCUT2D eigenvalue weighted by Gasteiger charge is -2.55. The van der Waals surface area contributed by atoms with E-state index in [0.717, 1.165) is 0 Å². The minimum atomic E-state index is -1.07. The maximum absolute atomic E-state index is 12.3. The third-order valence-electron chi connectivity index (χ3n) is 4.37. The van der Waals surface area contributed by atoms with Gasteiger partial charge in [0.05, 0.1) is 5.92 Å². The number of carbonyl (C=O) groups is 2. The molecule has 3 aliphatic rings. The molecule has 2 bridgehead atoms. The van der Waals surface area contributed by atoms with E-state index in [1.54, 1.807) is 13.8 Å². The van der Waals surface area contributed by atoms with E-state index < -0.39 is 11.2 Å². The Hall–Kier alpha value is -1.00. The number of fused-ring (bicyclic) bond motifs is 2. The third-order valence-corrected chi connectivity index (χ3v) is 4.37. The number of rotatable bonds is 3. The standard InChI is InChI=1S/C13H18O4/c1-8(14)10-7-9-5-6-13(10,17-4)12(2,16-3)11(9)15/h5-6,9-10H,7H2,1-4H3/t9-,10-,12+,13-/m0/s1. The molecule has 0 radical (unpaired) electrons. The van der Waals surface area contributed by atoms with E-state index in [-0.39, 0.29) is 23.4 Å². The summed E-state index contributed by atoms with van der Waals surface area (Å²) < 4.78 is 11.0. The van der Waals surface area contributed by atoms with Crippen molar-refractivity contribution in [1.29, 1.82) is 0 Å². The summed E-state index contributed by atoms with van der Waals surface area (Å²) in [6.07, 6.45) is 4.20. The van der Waals surface area contributed by atoms with Gasteiger partial charge in [-0.1, -0.05) is 12.2 Å². The Balaban J connectivity index is 2.60. The Morgan fingerprint density at radius 3 is 2.53 bits per heavy atom. The summed E-state index contributed by atoms with van der Waals surface area (Å²) in [6.45, 7) is 3.25. The molecule has 4 nitrogen and oxygen atoms in total. The number of methoxy groups -OCH3 is 2. The molecule has 0 saturated heterocycles. The molecular weight excluding hydrogens is 220 g/mol. The zero-order valence-corrected chi connectivity index (χ0v) is 10.6. The highest BCUT2D eigenvalue weighted by Crippen LogP contribution is 2.51. The minimum Gasteiger partial charge on any atom is -0.370 e. The largest absolute Gasteiger partial charge is 0.370 e. The van der Waals surface area contributed by atoms with E-state index >= 15 is 0 Å². The van der Waals surface area contributed by atoms with Gasteiger partial charge in [0.25, 0.3) is 0 Å². The van der Waals surface area contributed by atoms with Gasteiger partial charge in [-0.15, -0.1) is 0 Å². The second kappa shape index (κ2) is 3.75. The first-order chi connectivity index (χ1) is 7.93. The average Bonchev–Trinajstić information content (AvgIpc) is 2.34. The Bertz CT molecular complexity index is 400. The number of carbonyl (C=O) groups excluding carboxylic acids is 2. The van der Waals surface area contributed by atoms with Crippen LogP contribution in [0.15, 0.2) is 12.2 Å². The van der Waals surface area contributed by atoms with Crippen molar-refractivity contribution in [1.82, 2.24) is 0 Å². The maximum Gasteiger partial charge on any atom is 0.174 e. The predicted octanol–water partition coefficient (Wildman–Crippen LogP) is 1.14. The highest BCUT2D eigenvalue weighted by Gasteiger charge is 2.65. The van der Waals surface area contributed by atoms with Crippen LogP contribution in [-0.2, 0) is 19.1 Å². The Morgan fingerprint density at radius 1 is 1.41 bits per heavy atom. The lowest BCUT2D eigenvalue weighted by Crippen LogP contribution is -2.70. The van der Waals surface area contributed by atoms with Crippen LogP contribution >= 0.6 is 0 Å². The fraction of sp³-hybridized carbons (Fsp3) is 0.692. The Kier molecular flexibility index (Phi) is 2.75. The van der Waals surface area contributed by atoms with Gasteiger partial charge in [0.15, 0.2) is 11.4 Å². The fourth-order valence-corrected chi connectivity index (χ4v) is 3.25. The molecule has 4 atom stereocenters. The van der Waals surface area contributed by atoms with E-state index in [1.807, 2.05) is 12.2 Å². The van der Waals surface area contributed by atoms with Gasteiger partial charge in [0.1, 0.15) is 11.4 Å². The predicted molar refractivity (Wildman–Crippen MR) is 61.6 cm³/mol. The zero-order chi connectivity index (χ0) is 12.8. The second-order valence-electron chi connectivity index (χ2n) is 4.96. The van der Waals surface area contributed by atoms with Crippen molar-refractivity contribution < 1.29 is 19.1 Å². The second-order valence-corrected chi connectivity index (χ2v) is 4.96. The number of ether oxygens (including phenoxy) is 2. The van der Waals surface area contributed by atoms with Gasteiger partial charge in [-0.2, -0.15) is 0 Å². The van der Waals surface area contributed by atoms with Crippen LogP contribution in [0.3, 0.4) is 0 Å². The molecule has 17 heavy (non-hydrogen) atoms. The summed E-state index contributed by atoms with van der Waals surface area (Å²) in [5.74, 6) is -0.505. The van der Waals surface area contributed by atoms with Gasteiger partial charge in [0, 0.05) is 20.1 Å². The zero-order valence-electron chi connectivity index (χ0n) is 10.6. The minimum absolute atomic E-state index is 0.00171. The lowest BCUT2D eigenvalue weighted by molar-refractivity contribution is -0.206. The highest BCUT2D eigenvalue weighted by molar-refractivity contribution is 5.98. The summed E-state index contributed by atoms with van der Waals surface area (Å²) in [6, 6.07) is 0. The molecule has 0 spiro atoms. The van der Waals surface area contributed by atoms with E-state index in [9.17, 15) is 9.59 Å². The van der Waals surface area contributed by atoms with Crippen LogP contribution in [0.4, 0.5) is 0 Å². The van der Waals surface area contributed by atoms with E-state index in [2.05, 4.69) is 0 Å². The molecule has 0 N–H and O–H groups in total. The van der Waals surface area contributed by atoms with E-state index in [0.29, 0.717) is 6.42 Å². The molecule has 0 unspecified atom stereocenters. The Labute approximate surface area is 101 Å². The van der Waals surface area contributed by atoms with Crippen molar-refractivity contribution in [2.45, 2.75) is 31.5 Å². The Morgan fingerprint density at radius 2 is 2.06 bits per heavy atom. The molecule has 1 saturated carbocycles.